The lowest BCUT2D eigenvalue weighted by atomic mass is 9.85. The number of epoxide rings is 1. The minimum atomic E-state index is 0.484. The van der Waals surface area contributed by atoms with Crippen molar-refractivity contribution in [2.45, 2.75) is 64.1 Å². The summed E-state index contributed by atoms with van der Waals surface area (Å²) >= 11 is 0. The highest BCUT2D eigenvalue weighted by atomic mass is 16.6. The summed E-state index contributed by atoms with van der Waals surface area (Å²) in [5, 5.41) is 0. The van der Waals surface area contributed by atoms with Gasteiger partial charge in [0.1, 0.15) is 6.29 Å². The summed E-state index contributed by atoms with van der Waals surface area (Å²) in [6.07, 6.45) is 12.6. The van der Waals surface area contributed by atoms with E-state index in [2.05, 4.69) is 0 Å². The highest BCUT2D eigenvalue weighted by molar-refractivity contribution is 5.65. The number of allylic oxidation sites excluding steroid dienone is 2. The van der Waals surface area contributed by atoms with E-state index < -0.39 is 0 Å². The van der Waals surface area contributed by atoms with Crippen LogP contribution in [0.2, 0.25) is 0 Å². The molecule has 2 unspecified atom stereocenters. The van der Waals surface area contributed by atoms with Crippen LogP contribution >= 0.6 is 0 Å². The molecule has 90 valence electrons. The van der Waals surface area contributed by atoms with Crippen LogP contribution in [0.1, 0.15) is 51.9 Å². The number of aldehydes is 1. The number of hydrogen-bond acceptors (Lipinski definition) is 2. The van der Waals surface area contributed by atoms with Gasteiger partial charge in [0.2, 0.25) is 0 Å². The first kappa shape index (κ1) is 11.8. The summed E-state index contributed by atoms with van der Waals surface area (Å²) in [7, 11) is 0. The number of ether oxygens (including phenoxy) is 1. The van der Waals surface area contributed by atoms with Gasteiger partial charge in [-0.1, -0.05) is 24.8 Å². The Kier molecular flexibility index (Phi) is 4.16. The summed E-state index contributed by atoms with van der Waals surface area (Å²) in [4.78, 5) is 10.3. The maximum atomic E-state index is 10.3. The smallest absolute Gasteiger partial charge is 0.142 e. The molecule has 1 aliphatic carbocycles. The summed E-state index contributed by atoms with van der Waals surface area (Å²) in [6.45, 7) is 2.02. The van der Waals surface area contributed by atoms with Crippen molar-refractivity contribution in [3.63, 3.8) is 0 Å². The number of hydrogen-bond donors (Lipinski definition) is 0. The Morgan fingerprint density at radius 3 is 2.75 bits per heavy atom. The fourth-order valence-corrected chi connectivity index (χ4v) is 2.84. The second-order valence-electron chi connectivity index (χ2n) is 5.23. The normalized spacial score (nSPS) is 31.4. The van der Waals surface area contributed by atoms with Gasteiger partial charge in [-0.15, -0.1) is 0 Å². The lowest BCUT2D eigenvalue weighted by Crippen LogP contribution is -2.14. The van der Waals surface area contributed by atoms with Gasteiger partial charge in [-0.3, -0.25) is 4.79 Å². The van der Waals surface area contributed by atoms with E-state index in [9.17, 15) is 4.79 Å². The molecule has 1 saturated carbocycles. The maximum absolute atomic E-state index is 10.3. The molecule has 0 radical (unpaired) electrons. The van der Waals surface area contributed by atoms with Crippen molar-refractivity contribution in [1.29, 1.82) is 0 Å². The molecule has 2 heteroatoms. The molecule has 0 aromatic heterocycles. The second-order valence-corrected chi connectivity index (χ2v) is 5.23. The standard InChI is InChI=1S/C14H22O2/c1-11(9-10-15)7-8-13-14(16-13)12-5-3-2-4-6-12/h9-10,12-14H,2-8H2,1H3. The first-order chi connectivity index (χ1) is 7.81. The summed E-state index contributed by atoms with van der Waals surface area (Å²) in [5.41, 5.74) is 1.17. The van der Waals surface area contributed by atoms with Crippen molar-refractivity contribution in [2.24, 2.45) is 5.92 Å². The van der Waals surface area contributed by atoms with Crippen LogP contribution in [0.5, 0.6) is 0 Å². The molecule has 2 rings (SSSR count). The van der Waals surface area contributed by atoms with E-state index in [1.165, 1.54) is 37.7 Å². The minimum absolute atomic E-state index is 0.484. The predicted molar refractivity (Wildman–Crippen MR) is 64.3 cm³/mol. The first-order valence-electron chi connectivity index (χ1n) is 6.57. The Balaban J connectivity index is 1.66. The van der Waals surface area contributed by atoms with Crippen molar-refractivity contribution in [2.75, 3.05) is 0 Å². The van der Waals surface area contributed by atoms with Gasteiger partial charge in [0.15, 0.2) is 0 Å². The number of rotatable bonds is 5. The third-order valence-corrected chi connectivity index (χ3v) is 3.91. The van der Waals surface area contributed by atoms with Crippen molar-refractivity contribution in [3.05, 3.63) is 11.6 Å². The van der Waals surface area contributed by atoms with E-state index in [1.54, 1.807) is 6.08 Å². The molecule has 0 spiro atoms. The highest BCUT2D eigenvalue weighted by Gasteiger charge is 2.43. The fourth-order valence-electron chi connectivity index (χ4n) is 2.84. The number of carbonyl (C=O) groups is 1. The largest absolute Gasteiger partial charge is 0.369 e. The molecule has 0 amide bonds. The minimum Gasteiger partial charge on any atom is -0.369 e. The van der Waals surface area contributed by atoms with Gasteiger partial charge in [0, 0.05) is 0 Å². The average Bonchev–Trinajstić information content (AvgIpc) is 3.07. The molecule has 1 saturated heterocycles. The van der Waals surface area contributed by atoms with Gasteiger partial charge in [-0.2, -0.15) is 0 Å². The summed E-state index contributed by atoms with van der Waals surface area (Å²) in [5.74, 6) is 0.828. The third kappa shape index (κ3) is 3.18. The van der Waals surface area contributed by atoms with Crippen molar-refractivity contribution >= 4 is 6.29 Å². The summed E-state index contributed by atoms with van der Waals surface area (Å²) in [6, 6.07) is 0. The zero-order valence-corrected chi connectivity index (χ0v) is 10.2. The molecule has 2 fully saturated rings. The topological polar surface area (TPSA) is 29.6 Å². The first-order valence-corrected chi connectivity index (χ1v) is 6.57. The van der Waals surface area contributed by atoms with Gasteiger partial charge < -0.3 is 4.74 Å². The van der Waals surface area contributed by atoms with E-state index in [0.717, 1.165) is 25.0 Å². The maximum Gasteiger partial charge on any atom is 0.142 e. The molecule has 1 heterocycles. The van der Waals surface area contributed by atoms with E-state index in [0.29, 0.717) is 12.2 Å². The average molecular weight is 222 g/mol. The molecule has 16 heavy (non-hydrogen) atoms. The number of carbonyl (C=O) groups excluding carboxylic acids is 1. The van der Waals surface area contributed by atoms with Crippen LogP contribution in [0.25, 0.3) is 0 Å². The zero-order chi connectivity index (χ0) is 11.4. The van der Waals surface area contributed by atoms with Gasteiger partial charge in [-0.05, 0) is 44.6 Å². The van der Waals surface area contributed by atoms with Crippen LogP contribution in [-0.2, 0) is 9.53 Å². The lowest BCUT2D eigenvalue weighted by molar-refractivity contribution is -0.104. The van der Waals surface area contributed by atoms with E-state index in [-0.39, 0.29) is 0 Å². The molecule has 2 atom stereocenters. The highest BCUT2D eigenvalue weighted by Crippen LogP contribution is 2.40. The van der Waals surface area contributed by atoms with Gasteiger partial charge in [0.05, 0.1) is 12.2 Å². The van der Waals surface area contributed by atoms with Crippen LogP contribution < -0.4 is 0 Å². The summed E-state index contributed by atoms with van der Waals surface area (Å²) < 4.78 is 5.77. The Labute approximate surface area is 98.1 Å². The molecule has 0 N–H and O–H groups in total. The molecule has 2 nitrogen and oxygen atoms in total. The molecular weight excluding hydrogens is 200 g/mol. The monoisotopic (exact) mass is 222 g/mol. The van der Waals surface area contributed by atoms with Crippen molar-refractivity contribution < 1.29 is 9.53 Å². The molecule has 0 bridgehead atoms. The van der Waals surface area contributed by atoms with Crippen LogP contribution in [0.4, 0.5) is 0 Å². The van der Waals surface area contributed by atoms with Gasteiger partial charge in [-0.25, -0.2) is 0 Å². The van der Waals surface area contributed by atoms with Crippen LogP contribution in [0.3, 0.4) is 0 Å². The molecule has 2 aliphatic rings. The predicted octanol–water partition coefficient (Wildman–Crippen LogP) is 3.26. The van der Waals surface area contributed by atoms with Crippen LogP contribution in [-0.4, -0.2) is 18.5 Å². The second kappa shape index (κ2) is 5.62. The SMILES string of the molecule is CC(=CC=O)CCC1OC1C1CCCCC1. The quantitative estimate of drug-likeness (QED) is 0.406. The zero-order valence-electron chi connectivity index (χ0n) is 10.2. The van der Waals surface area contributed by atoms with E-state index >= 15 is 0 Å². The Morgan fingerprint density at radius 1 is 1.31 bits per heavy atom. The molecule has 0 aromatic carbocycles. The van der Waals surface area contributed by atoms with Crippen LogP contribution in [0, 0.1) is 5.92 Å². The third-order valence-electron chi connectivity index (χ3n) is 3.91. The molecule has 1 aliphatic heterocycles. The van der Waals surface area contributed by atoms with Gasteiger partial charge >= 0.3 is 0 Å². The lowest BCUT2D eigenvalue weighted by Gasteiger charge is -2.19. The Morgan fingerprint density at radius 2 is 2.06 bits per heavy atom. The Hall–Kier alpha value is -0.630. The van der Waals surface area contributed by atoms with E-state index in [4.69, 9.17) is 4.74 Å². The van der Waals surface area contributed by atoms with Gasteiger partial charge in [0.25, 0.3) is 0 Å². The van der Waals surface area contributed by atoms with Crippen molar-refractivity contribution in [3.8, 4) is 0 Å². The van der Waals surface area contributed by atoms with Crippen LogP contribution in [0.15, 0.2) is 11.6 Å². The molecule has 0 aromatic rings. The molecular formula is C14H22O2. The Bertz CT molecular complexity index is 264. The fraction of sp³-hybridized carbons (Fsp3) is 0.786. The van der Waals surface area contributed by atoms with E-state index in [1.807, 2.05) is 6.92 Å². The van der Waals surface area contributed by atoms with Crippen molar-refractivity contribution in [1.82, 2.24) is 0 Å².